The highest BCUT2D eigenvalue weighted by Crippen LogP contribution is 2.14. The second-order valence-corrected chi connectivity index (χ2v) is 5.13. The largest absolute Gasteiger partial charge is 0.491 e. The molecule has 19 heavy (non-hydrogen) atoms. The van der Waals surface area contributed by atoms with Gasteiger partial charge in [-0.05, 0) is 44.0 Å². The Morgan fingerprint density at radius 2 is 1.89 bits per heavy atom. The van der Waals surface area contributed by atoms with Crippen LogP contribution in [0.5, 0.6) is 5.75 Å². The fourth-order valence-electron chi connectivity index (χ4n) is 1.58. The van der Waals surface area contributed by atoms with Gasteiger partial charge < -0.3 is 15.8 Å². The maximum Gasteiger partial charge on any atom is 0.224 e. The third-order valence-corrected chi connectivity index (χ3v) is 2.71. The molecule has 0 fully saturated rings. The normalized spacial score (nSPS) is 12.3. The van der Waals surface area contributed by atoms with Crippen molar-refractivity contribution in [2.45, 2.75) is 33.3 Å². The van der Waals surface area contributed by atoms with E-state index in [1.165, 1.54) is 0 Å². The smallest absolute Gasteiger partial charge is 0.224 e. The highest BCUT2D eigenvalue weighted by Gasteiger charge is 2.06. The van der Waals surface area contributed by atoms with Crippen LogP contribution in [-0.4, -0.2) is 25.1 Å². The van der Waals surface area contributed by atoms with Crippen LogP contribution < -0.4 is 15.8 Å². The highest BCUT2D eigenvalue weighted by atomic mass is 16.5. The van der Waals surface area contributed by atoms with E-state index in [0.29, 0.717) is 25.4 Å². The number of nitrogens with two attached hydrogens (primary N) is 1. The molecule has 0 saturated heterocycles. The number of carbonyl (C=O) groups excluding carboxylic acids is 1. The van der Waals surface area contributed by atoms with E-state index in [-0.39, 0.29) is 12.0 Å². The summed E-state index contributed by atoms with van der Waals surface area (Å²) in [4.78, 5) is 11.7. The van der Waals surface area contributed by atoms with Crippen LogP contribution in [0.3, 0.4) is 0 Å². The number of hydrogen-bond acceptors (Lipinski definition) is 3. The van der Waals surface area contributed by atoms with Gasteiger partial charge in [0, 0.05) is 6.54 Å². The highest BCUT2D eigenvalue weighted by molar-refractivity contribution is 5.78. The van der Waals surface area contributed by atoms with E-state index >= 15 is 0 Å². The van der Waals surface area contributed by atoms with E-state index in [4.69, 9.17) is 10.5 Å². The number of nitrogens with one attached hydrogen (secondary N) is 1. The predicted octanol–water partition coefficient (Wildman–Crippen LogP) is 1.73. The summed E-state index contributed by atoms with van der Waals surface area (Å²) in [5.41, 5.74) is 6.48. The van der Waals surface area contributed by atoms with E-state index in [1.54, 1.807) is 0 Å². The Bertz CT molecular complexity index is 388. The molecule has 3 N–H and O–H groups in total. The first-order valence-corrected chi connectivity index (χ1v) is 6.73. The number of hydrogen-bond donors (Lipinski definition) is 2. The van der Waals surface area contributed by atoms with Gasteiger partial charge in [0.2, 0.25) is 5.91 Å². The maximum absolute atomic E-state index is 11.7. The van der Waals surface area contributed by atoms with Gasteiger partial charge in [0.05, 0.1) is 12.5 Å². The van der Waals surface area contributed by atoms with Crippen LogP contribution in [-0.2, 0) is 11.2 Å². The summed E-state index contributed by atoms with van der Waals surface area (Å²) in [6.45, 7) is 7.20. The molecule has 0 radical (unpaired) electrons. The molecular formula is C15H24N2O2. The minimum Gasteiger partial charge on any atom is -0.491 e. The molecule has 0 bridgehead atoms. The molecule has 0 aliphatic carbocycles. The molecule has 0 aliphatic rings. The lowest BCUT2D eigenvalue weighted by atomic mass is 10.1. The number of amides is 1. The molecule has 0 aromatic heterocycles. The molecular weight excluding hydrogens is 240 g/mol. The van der Waals surface area contributed by atoms with Crippen LogP contribution in [0.1, 0.15) is 26.3 Å². The minimum atomic E-state index is 0.0258. The van der Waals surface area contributed by atoms with Crippen molar-refractivity contribution in [1.29, 1.82) is 0 Å². The Balaban J connectivity index is 2.42. The summed E-state index contributed by atoms with van der Waals surface area (Å²) in [6.07, 6.45) is 0.547. The lowest BCUT2D eigenvalue weighted by molar-refractivity contribution is -0.120. The quantitative estimate of drug-likeness (QED) is 0.788. The fraction of sp³-hybridized carbons (Fsp3) is 0.533. The summed E-state index contributed by atoms with van der Waals surface area (Å²) >= 11 is 0. The van der Waals surface area contributed by atoms with Crippen molar-refractivity contribution in [3.05, 3.63) is 29.8 Å². The second-order valence-electron chi connectivity index (χ2n) is 5.13. The van der Waals surface area contributed by atoms with Gasteiger partial charge in [-0.25, -0.2) is 0 Å². The van der Waals surface area contributed by atoms with Gasteiger partial charge in [0.15, 0.2) is 0 Å². The van der Waals surface area contributed by atoms with E-state index in [0.717, 1.165) is 11.3 Å². The molecule has 4 nitrogen and oxygen atoms in total. The molecule has 0 aliphatic heterocycles. The zero-order valence-electron chi connectivity index (χ0n) is 12.0. The van der Waals surface area contributed by atoms with E-state index in [9.17, 15) is 4.79 Å². The molecule has 1 amide bonds. The average Bonchev–Trinajstić information content (AvgIpc) is 2.37. The summed E-state index contributed by atoms with van der Waals surface area (Å²) in [7, 11) is 0. The first kappa shape index (κ1) is 15.5. The Labute approximate surface area is 115 Å². The van der Waals surface area contributed by atoms with Crippen LogP contribution in [0, 0.1) is 5.92 Å². The Morgan fingerprint density at radius 3 is 2.42 bits per heavy atom. The van der Waals surface area contributed by atoms with Crippen molar-refractivity contribution in [1.82, 2.24) is 5.32 Å². The van der Waals surface area contributed by atoms with Crippen molar-refractivity contribution in [3.8, 4) is 5.75 Å². The van der Waals surface area contributed by atoms with E-state index in [2.05, 4.69) is 5.32 Å². The van der Waals surface area contributed by atoms with Gasteiger partial charge >= 0.3 is 0 Å². The monoisotopic (exact) mass is 264 g/mol. The van der Waals surface area contributed by atoms with Gasteiger partial charge in [-0.1, -0.05) is 19.1 Å². The Hall–Kier alpha value is -1.55. The van der Waals surface area contributed by atoms with Crippen LogP contribution in [0.4, 0.5) is 0 Å². The summed E-state index contributed by atoms with van der Waals surface area (Å²) < 4.78 is 5.55. The van der Waals surface area contributed by atoms with E-state index in [1.807, 2.05) is 45.0 Å². The lowest BCUT2D eigenvalue weighted by Crippen LogP contribution is -2.32. The minimum absolute atomic E-state index is 0.0258. The number of carbonyl (C=O) groups is 1. The van der Waals surface area contributed by atoms with Crippen molar-refractivity contribution in [2.24, 2.45) is 11.7 Å². The van der Waals surface area contributed by atoms with Gasteiger partial charge in [-0.3, -0.25) is 4.79 Å². The predicted molar refractivity (Wildman–Crippen MR) is 77.1 cm³/mol. The number of benzene rings is 1. The molecule has 1 aromatic rings. The summed E-state index contributed by atoms with van der Waals surface area (Å²) in [6, 6.07) is 7.63. The topological polar surface area (TPSA) is 64.3 Å². The van der Waals surface area contributed by atoms with Crippen LogP contribution >= 0.6 is 0 Å². The fourth-order valence-corrected chi connectivity index (χ4v) is 1.58. The summed E-state index contributed by atoms with van der Waals surface area (Å²) in [5, 5.41) is 2.88. The lowest BCUT2D eigenvalue weighted by Gasteiger charge is -2.11. The Morgan fingerprint density at radius 1 is 1.26 bits per heavy atom. The molecule has 0 heterocycles. The number of rotatable bonds is 7. The average molecular weight is 264 g/mol. The van der Waals surface area contributed by atoms with Gasteiger partial charge in [-0.2, -0.15) is 0 Å². The van der Waals surface area contributed by atoms with Crippen LogP contribution in [0.15, 0.2) is 24.3 Å². The van der Waals surface area contributed by atoms with Crippen molar-refractivity contribution in [2.75, 3.05) is 13.1 Å². The molecule has 1 atom stereocenters. The van der Waals surface area contributed by atoms with Gasteiger partial charge in [-0.15, -0.1) is 0 Å². The third kappa shape index (κ3) is 6.25. The molecule has 1 unspecified atom stereocenters. The SMILES string of the molecule is CC(CN)CNC(=O)Cc1ccc(OC(C)C)cc1. The van der Waals surface area contributed by atoms with Crippen LogP contribution in [0.25, 0.3) is 0 Å². The zero-order valence-corrected chi connectivity index (χ0v) is 12.0. The van der Waals surface area contributed by atoms with Crippen LogP contribution in [0.2, 0.25) is 0 Å². The Kier molecular flexibility index (Phi) is 6.36. The zero-order chi connectivity index (χ0) is 14.3. The number of ether oxygens (including phenoxy) is 1. The molecule has 1 aromatic carbocycles. The third-order valence-electron chi connectivity index (χ3n) is 2.71. The molecule has 106 valence electrons. The molecule has 1 rings (SSSR count). The molecule has 0 spiro atoms. The standard InChI is InChI=1S/C15H24N2O2/c1-11(2)19-14-6-4-13(5-7-14)8-15(18)17-10-12(3)9-16/h4-7,11-12H,8-10,16H2,1-3H3,(H,17,18). The van der Waals surface area contributed by atoms with Crippen molar-refractivity contribution >= 4 is 5.91 Å². The van der Waals surface area contributed by atoms with Gasteiger partial charge in [0.1, 0.15) is 5.75 Å². The molecule has 4 heteroatoms. The van der Waals surface area contributed by atoms with Gasteiger partial charge in [0.25, 0.3) is 0 Å². The molecule has 0 saturated carbocycles. The second kappa shape index (κ2) is 7.79. The van der Waals surface area contributed by atoms with E-state index < -0.39 is 0 Å². The maximum atomic E-state index is 11.7. The first-order valence-electron chi connectivity index (χ1n) is 6.73. The van der Waals surface area contributed by atoms with Crippen molar-refractivity contribution < 1.29 is 9.53 Å². The summed E-state index contributed by atoms with van der Waals surface area (Å²) in [5.74, 6) is 1.17. The first-order chi connectivity index (χ1) is 9.01. The van der Waals surface area contributed by atoms with Crippen molar-refractivity contribution in [3.63, 3.8) is 0 Å².